The maximum Gasteiger partial charge on any atom is 0.284 e. The van der Waals surface area contributed by atoms with E-state index in [2.05, 4.69) is 4.98 Å². The highest BCUT2D eigenvalue weighted by molar-refractivity contribution is 7.89. The molecular formula is C17H20N3O2S+. The molecule has 0 aliphatic rings. The number of imidazole rings is 1. The van der Waals surface area contributed by atoms with Gasteiger partial charge in [-0.2, -0.15) is 4.31 Å². The van der Waals surface area contributed by atoms with Crippen LogP contribution in [0.3, 0.4) is 0 Å². The molecule has 0 bridgehead atoms. The molecule has 0 saturated heterocycles. The predicted molar refractivity (Wildman–Crippen MR) is 89.5 cm³/mol. The first-order valence-corrected chi connectivity index (χ1v) is 9.10. The highest BCUT2D eigenvalue weighted by Crippen LogP contribution is 2.21. The lowest BCUT2D eigenvalue weighted by molar-refractivity contribution is -0.509. The van der Waals surface area contributed by atoms with Crippen LogP contribution in [-0.2, 0) is 10.0 Å². The van der Waals surface area contributed by atoms with E-state index in [0.29, 0.717) is 18.0 Å². The number of benzene rings is 1. The van der Waals surface area contributed by atoms with E-state index < -0.39 is 10.0 Å². The second-order valence-electron chi connectivity index (χ2n) is 5.27. The molecular weight excluding hydrogens is 310 g/mol. The summed E-state index contributed by atoms with van der Waals surface area (Å²) in [4.78, 5) is 3.65. The van der Waals surface area contributed by atoms with E-state index in [0.717, 1.165) is 16.9 Å². The van der Waals surface area contributed by atoms with Crippen LogP contribution in [-0.4, -0.2) is 30.8 Å². The lowest BCUT2D eigenvalue weighted by Crippen LogP contribution is -2.30. The normalized spacial score (nSPS) is 12.1. The molecule has 0 amide bonds. The minimum atomic E-state index is -3.41. The van der Waals surface area contributed by atoms with Gasteiger partial charge in [0.2, 0.25) is 10.0 Å². The van der Waals surface area contributed by atoms with Gasteiger partial charge < -0.3 is 0 Å². The Labute approximate surface area is 136 Å². The first kappa shape index (κ1) is 15.7. The molecule has 2 aromatic heterocycles. The minimum absolute atomic E-state index is 0.328. The van der Waals surface area contributed by atoms with E-state index in [4.69, 9.17) is 0 Å². The number of H-pyrrole nitrogens is 1. The third kappa shape index (κ3) is 2.87. The van der Waals surface area contributed by atoms with Gasteiger partial charge in [0.15, 0.2) is 5.69 Å². The third-order valence-electron chi connectivity index (χ3n) is 3.93. The highest BCUT2D eigenvalue weighted by atomic mass is 32.2. The summed E-state index contributed by atoms with van der Waals surface area (Å²) in [6.07, 6.45) is 3.96. The van der Waals surface area contributed by atoms with Crippen LogP contribution < -0.4 is 4.40 Å². The summed E-state index contributed by atoms with van der Waals surface area (Å²) in [5.41, 5.74) is 2.89. The Kier molecular flexibility index (Phi) is 4.19. The molecule has 1 N–H and O–H groups in total. The van der Waals surface area contributed by atoms with E-state index in [1.807, 2.05) is 61.0 Å². The fraction of sp³-hybridized carbons (Fsp3) is 0.235. The molecule has 0 unspecified atom stereocenters. The molecule has 0 spiro atoms. The van der Waals surface area contributed by atoms with Crippen molar-refractivity contribution in [3.8, 4) is 11.3 Å². The predicted octanol–water partition coefficient (Wildman–Crippen LogP) is 2.45. The number of aromatic amines is 1. The SMILES string of the molecule is CCN(CC)S(=O)(=O)c1ccc(-c2c[n+]3ccccc3[nH]2)cc1. The number of sulfonamides is 1. The van der Waals surface area contributed by atoms with Crippen molar-refractivity contribution in [2.24, 2.45) is 0 Å². The molecule has 1 aromatic carbocycles. The van der Waals surface area contributed by atoms with Crippen molar-refractivity contribution < 1.29 is 12.8 Å². The van der Waals surface area contributed by atoms with Gasteiger partial charge in [0.05, 0.1) is 11.1 Å². The Bertz CT molecular complexity index is 877. The van der Waals surface area contributed by atoms with Crippen LogP contribution in [0.4, 0.5) is 0 Å². The number of nitrogens with zero attached hydrogens (tertiary/aromatic N) is 2. The van der Waals surface area contributed by atoms with Crippen molar-refractivity contribution in [2.75, 3.05) is 13.1 Å². The standard InChI is InChI=1S/C17H19N3O2S/c1-3-20(4-2)23(21,22)15-10-8-14(9-11-15)16-13-19-12-6-5-7-17(19)18-16/h5-13H,3-4H2,1-2H3/p+1. The number of hydrogen-bond acceptors (Lipinski definition) is 2. The van der Waals surface area contributed by atoms with E-state index in [-0.39, 0.29) is 0 Å². The quantitative estimate of drug-likeness (QED) is 0.731. The Morgan fingerprint density at radius 1 is 1.04 bits per heavy atom. The smallest absolute Gasteiger partial charge is 0.237 e. The molecule has 120 valence electrons. The van der Waals surface area contributed by atoms with Gasteiger partial charge >= 0.3 is 0 Å². The number of rotatable bonds is 5. The molecule has 3 rings (SSSR count). The molecule has 0 saturated carbocycles. The Morgan fingerprint density at radius 3 is 2.35 bits per heavy atom. The van der Waals surface area contributed by atoms with Crippen LogP contribution in [0.15, 0.2) is 59.8 Å². The van der Waals surface area contributed by atoms with Crippen LogP contribution >= 0.6 is 0 Å². The Morgan fingerprint density at radius 2 is 1.74 bits per heavy atom. The van der Waals surface area contributed by atoms with Crippen LogP contribution in [0.5, 0.6) is 0 Å². The maximum absolute atomic E-state index is 12.5. The molecule has 23 heavy (non-hydrogen) atoms. The second-order valence-corrected chi connectivity index (χ2v) is 7.21. The topological polar surface area (TPSA) is 57.3 Å². The molecule has 0 radical (unpaired) electrons. The van der Waals surface area contributed by atoms with E-state index in [9.17, 15) is 8.42 Å². The molecule has 0 fully saturated rings. The van der Waals surface area contributed by atoms with Crippen molar-refractivity contribution in [1.82, 2.24) is 9.29 Å². The summed E-state index contributed by atoms with van der Waals surface area (Å²) in [5, 5.41) is 0. The van der Waals surface area contributed by atoms with Crippen molar-refractivity contribution in [2.45, 2.75) is 18.7 Å². The maximum atomic E-state index is 12.5. The average molecular weight is 330 g/mol. The Hall–Kier alpha value is -2.18. The number of nitrogens with one attached hydrogen (secondary N) is 1. The number of fused-ring (bicyclic) bond motifs is 1. The van der Waals surface area contributed by atoms with Gasteiger partial charge in [-0.25, -0.2) is 17.8 Å². The average Bonchev–Trinajstić information content (AvgIpc) is 3.00. The van der Waals surface area contributed by atoms with E-state index in [1.54, 1.807) is 12.1 Å². The third-order valence-corrected chi connectivity index (χ3v) is 5.99. The zero-order valence-corrected chi connectivity index (χ0v) is 14.0. The second kappa shape index (κ2) is 6.14. The molecule has 6 heteroatoms. The zero-order valence-electron chi connectivity index (χ0n) is 13.2. The fourth-order valence-electron chi connectivity index (χ4n) is 2.65. The molecule has 0 aliphatic heterocycles. The van der Waals surface area contributed by atoms with Gasteiger partial charge in [0.25, 0.3) is 5.65 Å². The molecule has 5 nitrogen and oxygen atoms in total. The Balaban J connectivity index is 1.96. The summed E-state index contributed by atoms with van der Waals surface area (Å²) in [7, 11) is -3.41. The summed E-state index contributed by atoms with van der Waals surface area (Å²) in [5.74, 6) is 0. The van der Waals surface area contributed by atoms with Gasteiger partial charge in [0.1, 0.15) is 6.20 Å². The van der Waals surface area contributed by atoms with E-state index >= 15 is 0 Å². The fourth-order valence-corrected chi connectivity index (χ4v) is 4.11. The van der Waals surface area contributed by atoms with Crippen molar-refractivity contribution in [3.05, 3.63) is 54.9 Å². The number of aromatic nitrogens is 2. The van der Waals surface area contributed by atoms with Crippen LogP contribution in [0.25, 0.3) is 16.9 Å². The van der Waals surface area contributed by atoms with Crippen molar-refractivity contribution >= 4 is 15.7 Å². The molecule has 0 aliphatic carbocycles. The van der Waals surface area contributed by atoms with Gasteiger partial charge in [-0.15, -0.1) is 0 Å². The lowest BCUT2D eigenvalue weighted by atomic mass is 10.2. The summed E-state index contributed by atoms with van der Waals surface area (Å²) in [6.45, 7) is 4.63. The van der Waals surface area contributed by atoms with Gasteiger partial charge in [-0.05, 0) is 30.3 Å². The van der Waals surface area contributed by atoms with Crippen molar-refractivity contribution in [3.63, 3.8) is 0 Å². The van der Waals surface area contributed by atoms with Gasteiger partial charge in [-0.1, -0.05) is 19.9 Å². The first-order chi connectivity index (χ1) is 11.1. The minimum Gasteiger partial charge on any atom is -0.237 e. The highest BCUT2D eigenvalue weighted by Gasteiger charge is 2.21. The van der Waals surface area contributed by atoms with Gasteiger partial charge in [-0.3, -0.25) is 0 Å². The zero-order chi connectivity index (χ0) is 16.4. The molecule has 0 atom stereocenters. The summed E-state index contributed by atoms with van der Waals surface area (Å²) < 4.78 is 28.4. The summed E-state index contributed by atoms with van der Waals surface area (Å²) >= 11 is 0. The summed E-state index contributed by atoms with van der Waals surface area (Å²) in [6, 6.07) is 12.9. The monoisotopic (exact) mass is 330 g/mol. The van der Waals surface area contributed by atoms with Crippen LogP contribution in [0, 0.1) is 0 Å². The van der Waals surface area contributed by atoms with Gasteiger partial charge in [0, 0.05) is 24.7 Å². The largest absolute Gasteiger partial charge is 0.284 e. The molecule has 2 heterocycles. The van der Waals surface area contributed by atoms with Crippen molar-refractivity contribution in [1.29, 1.82) is 0 Å². The van der Waals surface area contributed by atoms with E-state index in [1.165, 1.54) is 4.31 Å². The molecule has 3 aromatic rings. The number of hydrogen-bond donors (Lipinski definition) is 1. The number of pyridine rings is 1. The first-order valence-electron chi connectivity index (χ1n) is 7.66. The van der Waals surface area contributed by atoms with Crippen LogP contribution in [0.1, 0.15) is 13.8 Å². The van der Waals surface area contributed by atoms with Crippen LogP contribution in [0.2, 0.25) is 0 Å². The lowest BCUT2D eigenvalue weighted by Gasteiger charge is -2.18.